The van der Waals surface area contributed by atoms with Gasteiger partial charge in [0.15, 0.2) is 0 Å². The number of carbonyl (C=O) groups is 1. The molecule has 0 aromatic heterocycles. The van der Waals surface area contributed by atoms with Crippen LogP contribution in [0.15, 0.2) is 0 Å². The van der Waals surface area contributed by atoms with E-state index in [9.17, 15) is 4.79 Å². The lowest BCUT2D eigenvalue weighted by Gasteiger charge is -2.42. The zero-order chi connectivity index (χ0) is 11.1. The first kappa shape index (κ1) is 12.5. The topological polar surface area (TPSA) is 61.4 Å². The summed E-state index contributed by atoms with van der Waals surface area (Å²) in [6.45, 7) is 4.70. The summed E-state index contributed by atoms with van der Waals surface area (Å²) in [7, 11) is 0. The van der Waals surface area contributed by atoms with E-state index in [2.05, 4.69) is 17.6 Å². The van der Waals surface area contributed by atoms with Crippen LogP contribution >= 0.6 is 0 Å². The first-order chi connectivity index (χ1) is 7.18. The Morgan fingerprint density at radius 3 is 2.60 bits per heavy atom. The average Bonchev–Trinajstić information content (AvgIpc) is 2.12. The Balaban J connectivity index is 2.13. The molecule has 0 aliphatic carbocycles. The van der Waals surface area contributed by atoms with Crippen LogP contribution in [0, 0.1) is 0 Å². The van der Waals surface area contributed by atoms with E-state index in [1.54, 1.807) is 0 Å². The van der Waals surface area contributed by atoms with Crippen LogP contribution in [0.3, 0.4) is 0 Å². The number of carboxylic acid groups (broad SMARTS) is 1. The van der Waals surface area contributed by atoms with Crippen molar-refractivity contribution in [1.82, 2.24) is 10.6 Å². The summed E-state index contributed by atoms with van der Waals surface area (Å²) in [5.41, 5.74) is -0.169. The van der Waals surface area contributed by atoms with E-state index < -0.39 is 5.97 Å². The van der Waals surface area contributed by atoms with Gasteiger partial charge in [0, 0.05) is 13.1 Å². The summed E-state index contributed by atoms with van der Waals surface area (Å²) in [5.74, 6) is -0.711. The van der Waals surface area contributed by atoms with Crippen LogP contribution in [-0.2, 0) is 4.79 Å². The Bertz CT molecular complexity index is 203. The average molecular weight is 214 g/mol. The van der Waals surface area contributed by atoms with Crippen LogP contribution in [0.1, 0.15) is 39.0 Å². The number of hydrogen-bond donors (Lipinski definition) is 3. The highest BCUT2D eigenvalue weighted by molar-refractivity contribution is 5.68. The van der Waals surface area contributed by atoms with Crippen LogP contribution in [0.25, 0.3) is 0 Å². The molecular weight excluding hydrogens is 192 g/mol. The Kier molecular flexibility index (Phi) is 5.05. The van der Waals surface area contributed by atoms with Crippen molar-refractivity contribution in [1.29, 1.82) is 0 Å². The Labute approximate surface area is 91.4 Å². The molecule has 3 N–H and O–H groups in total. The van der Waals surface area contributed by atoms with Crippen LogP contribution < -0.4 is 10.6 Å². The number of rotatable bonds is 8. The molecule has 0 amide bonds. The minimum atomic E-state index is -0.711. The highest BCUT2D eigenvalue weighted by Gasteiger charge is 2.38. The van der Waals surface area contributed by atoms with Gasteiger partial charge in [-0.1, -0.05) is 26.2 Å². The van der Waals surface area contributed by atoms with Gasteiger partial charge in [-0.05, 0) is 13.0 Å². The maximum atomic E-state index is 10.7. The molecule has 0 bridgehead atoms. The lowest BCUT2D eigenvalue weighted by Crippen LogP contribution is -2.68. The van der Waals surface area contributed by atoms with E-state index in [1.807, 2.05) is 0 Å². The summed E-state index contributed by atoms with van der Waals surface area (Å²) in [6, 6.07) is 0. The lowest BCUT2D eigenvalue weighted by atomic mass is 9.88. The minimum absolute atomic E-state index is 0.169. The third kappa shape index (κ3) is 4.18. The minimum Gasteiger partial charge on any atom is -0.481 e. The summed E-state index contributed by atoms with van der Waals surface area (Å²) in [4.78, 5) is 10.7. The summed E-state index contributed by atoms with van der Waals surface area (Å²) >= 11 is 0. The van der Waals surface area contributed by atoms with E-state index in [0.717, 1.165) is 26.1 Å². The predicted octanol–water partition coefficient (Wildman–Crippen LogP) is 0.973. The van der Waals surface area contributed by atoms with E-state index in [1.165, 1.54) is 19.3 Å². The van der Waals surface area contributed by atoms with Crippen molar-refractivity contribution in [2.24, 2.45) is 0 Å². The second kappa shape index (κ2) is 6.08. The molecule has 1 aliphatic heterocycles. The predicted molar refractivity (Wildman–Crippen MR) is 60.0 cm³/mol. The normalized spacial score (nSPS) is 18.5. The van der Waals surface area contributed by atoms with Gasteiger partial charge >= 0.3 is 5.97 Å². The molecule has 0 aromatic rings. The van der Waals surface area contributed by atoms with Crippen LogP contribution in [0.5, 0.6) is 0 Å². The van der Waals surface area contributed by atoms with Crippen molar-refractivity contribution in [3.8, 4) is 0 Å². The van der Waals surface area contributed by atoms with Gasteiger partial charge in [-0.2, -0.15) is 0 Å². The fourth-order valence-corrected chi connectivity index (χ4v) is 1.93. The first-order valence-electron chi connectivity index (χ1n) is 5.86. The molecule has 0 spiro atoms. The Morgan fingerprint density at radius 1 is 1.40 bits per heavy atom. The first-order valence-corrected chi connectivity index (χ1v) is 5.86. The molecule has 1 rings (SSSR count). The van der Waals surface area contributed by atoms with Gasteiger partial charge in [-0.3, -0.25) is 4.79 Å². The van der Waals surface area contributed by atoms with Crippen LogP contribution in [0.2, 0.25) is 0 Å². The van der Waals surface area contributed by atoms with Crippen molar-refractivity contribution in [3.05, 3.63) is 0 Å². The van der Waals surface area contributed by atoms with Gasteiger partial charge in [0.2, 0.25) is 0 Å². The number of hydrogen-bond acceptors (Lipinski definition) is 3. The second-order valence-electron chi connectivity index (χ2n) is 4.44. The van der Waals surface area contributed by atoms with Gasteiger partial charge in [0.05, 0.1) is 12.0 Å². The molecule has 0 atom stereocenters. The van der Waals surface area contributed by atoms with Gasteiger partial charge in [0.25, 0.3) is 0 Å². The fraction of sp³-hybridized carbons (Fsp3) is 0.909. The Morgan fingerprint density at radius 2 is 2.13 bits per heavy atom. The van der Waals surface area contributed by atoms with Gasteiger partial charge in [0.1, 0.15) is 0 Å². The van der Waals surface area contributed by atoms with Gasteiger partial charge in [-0.15, -0.1) is 0 Å². The van der Waals surface area contributed by atoms with Crippen molar-refractivity contribution in [2.75, 3.05) is 19.6 Å². The standard InChI is InChI=1S/C11H22N2O2/c1-2-3-4-5-6-13-11(7-10(14)15)8-12-9-11/h12-13H,2-9H2,1H3,(H,14,15). The maximum absolute atomic E-state index is 10.7. The molecule has 0 saturated carbocycles. The van der Waals surface area contributed by atoms with Crippen molar-refractivity contribution < 1.29 is 9.90 Å². The van der Waals surface area contributed by atoms with E-state index in [4.69, 9.17) is 5.11 Å². The summed E-state index contributed by atoms with van der Waals surface area (Å²) in [5, 5.41) is 15.3. The molecule has 4 heteroatoms. The van der Waals surface area contributed by atoms with E-state index >= 15 is 0 Å². The van der Waals surface area contributed by atoms with Gasteiger partial charge in [-0.25, -0.2) is 0 Å². The highest BCUT2D eigenvalue weighted by atomic mass is 16.4. The van der Waals surface area contributed by atoms with Gasteiger partial charge < -0.3 is 15.7 Å². The molecule has 88 valence electrons. The molecule has 1 heterocycles. The largest absolute Gasteiger partial charge is 0.481 e. The fourth-order valence-electron chi connectivity index (χ4n) is 1.93. The third-order valence-corrected chi connectivity index (χ3v) is 2.95. The lowest BCUT2D eigenvalue weighted by molar-refractivity contribution is -0.139. The zero-order valence-corrected chi connectivity index (χ0v) is 9.51. The summed E-state index contributed by atoms with van der Waals surface area (Å²) < 4.78 is 0. The molecule has 1 aliphatic rings. The highest BCUT2D eigenvalue weighted by Crippen LogP contribution is 2.16. The third-order valence-electron chi connectivity index (χ3n) is 2.95. The quantitative estimate of drug-likeness (QED) is 0.527. The SMILES string of the molecule is CCCCCCNC1(CC(=O)O)CNC1. The van der Waals surface area contributed by atoms with Crippen molar-refractivity contribution in [3.63, 3.8) is 0 Å². The molecule has 0 unspecified atom stereocenters. The van der Waals surface area contributed by atoms with Crippen LogP contribution in [0.4, 0.5) is 0 Å². The molecule has 15 heavy (non-hydrogen) atoms. The number of aliphatic carboxylic acids is 1. The molecule has 4 nitrogen and oxygen atoms in total. The monoisotopic (exact) mass is 214 g/mol. The molecular formula is C11H22N2O2. The number of unbranched alkanes of at least 4 members (excludes halogenated alkanes) is 3. The Hall–Kier alpha value is -0.610. The van der Waals surface area contributed by atoms with E-state index in [0.29, 0.717) is 0 Å². The van der Waals surface area contributed by atoms with Crippen molar-refractivity contribution in [2.45, 2.75) is 44.6 Å². The van der Waals surface area contributed by atoms with Crippen molar-refractivity contribution >= 4 is 5.97 Å². The second-order valence-corrected chi connectivity index (χ2v) is 4.44. The summed E-state index contributed by atoms with van der Waals surface area (Å²) in [6.07, 6.45) is 5.12. The molecule has 0 radical (unpaired) electrons. The zero-order valence-electron chi connectivity index (χ0n) is 9.51. The molecule has 1 saturated heterocycles. The molecule has 1 fully saturated rings. The maximum Gasteiger partial charge on any atom is 0.305 e. The number of nitrogens with one attached hydrogen (secondary N) is 2. The smallest absolute Gasteiger partial charge is 0.305 e. The van der Waals surface area contributed by atoms with E-state index in [-0.39, 0.29) is 12.0 Å². The number of carboxylic acids is 1. The van der Waals surface area contributed by atoms with Crippen LogP contribution in [-0.4, -0.2) is 36.2 Å². The molecule has 0 aromatic carbocycles.